The molecule has 0 bridgehead atoms. The van der Waals surface area contributed by atoms with E-state index in [-0.39, 0.29) is 5.57 Å². The lowest BCUT2D eigenvalue weighted by Crippen LogP contribution is -2.13. The van der Waals surface area contributed by atoms with Crippen molar-refractivity contribution in [3.63, 3.8) is 0 Å². The number of hydrogen-bond donors (Lipinski definition) is 1. The highest BCUT2D eigenvalue weighted by Gasteiger charge is 2.14. The zero-order valence-electron chi connectivity index (χ0n) is 18.7. The highest BCUT2D eigenvalue weighted by atomic mass is 79.9. The van der Waals surface area contributed by atoms with Gasteiger partial charge in [0.05, 0.1) is 16.6 Å². The van der Waals surface area contributed by atoms with Crippen LogP contribution in [0.2, 0.25) is 5.02 Å². The number of nitriles is 1. The molecule has 0 fully saturated rings. The summed E-state index contributed by atoms with van der Waals surface area (Å²) in [6.07, 6.45) is 1.48. The number of halogens is 2. The molecular formula is C28H20BrClN2O3. The van der Waals surface area contributed by atoms with Gasteiger partial charge in [0.1, 0.15) is 24.0 Å². The molecule has 174 valence electrons. The van der Waals surface area contributed by atoms with Crippen molar-refractivity contribution in [3.8, 4) is 17.6 Å². The van der Waals surface area contributed by atoms with Crippen molar-refractivity contribution in [2.45, 2.75) is 6.61 Å². The van der Waals surface area contributed by atoms with E-state index in [2.05, 4.69) is 39.4 Å². The number of rotatable bonds is 7. The van der Waals surface area contributed by atoms with Gasteiger partial charge >= 0.3 is 0 Å². The fraction of sp³-hybridized carbons (Fsp3) is 0.0714. The number of benzene rings is 4. The Kier molecular flexibility index (Phi) is 7.71. The first-order valence-corrected chi connectivity index (χ1v) is 11.8. The summed E-state index contributed by atoms with van der Waals surface area (Å²) in [7, 11) is 1.56. The SMILES string of the molecule is COc1ccc(NC(=O)/C(C#N)=C\c2cc(Cl)c(OCc3cccc4ccccc34)c(Br)c2)cc1. The molecule has 7 heteroatoms. The predicted octanol–water partition coefficient (Wildman–Crippen LogP) is 7.39. The molecule has 1 N–H and O–H groups in total. The van der Waals surface area contributed by atoms with Crippen molar-refractivity contribution >= 4 is 56.0 Å². The molecule has 0 spiro atoms. The molecule has 4 rings (SSSR count). The molecule has 0 aliphatic carbocycles. The Balaban J connectivity index is 1.51. The summed E-state index contributed by atoms with van der Waals surface area (Å²) in [5.41, 5.74) is 2.11. The Morgan fingerprint density at radius 3 is 2.54 bits per heavy atom. The van der Waals surface area contributed by atoms with Crippen molar-refractivity contribution in [2.24, 2.45) is 0 Å². The van der Waals surface area contributed by atoms with Gasteiger partial charge in [-0.15, -0.1) is 0 Å². The van der Waals surface area contributed by atoms with E-state index < -0.39 is 5.91 Å². The zero-order valence-corrected chi connectivity index (χ0v) is 21.1. The average molecular weight is 548 g/mol. The molecule has 4 aromatic carbocycles. The second kappa shape index (κ2) is 11.1. The number of nitrogens with zero attached hydrogens (tertiary/aromatic N) is 1. The Morgan fingerprint density at radius 2 is 1.83 bits per heavy atom. The maximum absolute atomic E-state index is 12.6. The van der Waals surface area contributed by atoms with Crippen LogP contribution in [0, 0.1) is 11.3 Å². The molecule has 0 heterocycles. The molecule has 0 aromatic heterocycles. The van der Waals surface area contributed by atoms with Gasteiger partial charge in [-0.05, 0) is 80.3 Å². The van der Waals surface area contributed by atoms with E-state index in [4.69, 9.17) is 21.1 Å². The van der Waals surface area contributed by atoms with Gasteiger partial charge in [0.2, 0.25) is 0 Å². The standard InChI is InChI=1S/C28H20BrClN2O3/c1-34-23-11-9-22(10-12-23)32-28(33)21(16-31)13-18-14-25(29)27(26(30)15-18)35-17-20-7-4-6-19-5-2-3-8-24(19)20/h2-15H,17H2,1H3,(H,32,33)/b21-13-. The number of amides is 1. The smallest absolute Gasteiger partial charge is 0.266 e. The fourth-order valence-electron chi connectivity index (χ4n) is 3.56. The Hall–Kier alpha value is -3.79. The first-order valence-electron chi connectivity index (χ1n) is 10.6. The van der Waals surface area contributed by atoms with Crippen molar-refractivity contribution in [3.05, 3.63) is 105 Å². The van der Waals surface area contributed by atoms with E-state index in [1.54, 1.807) is 43.5 Å². The van der Waals surface area contributed by atoms with Crippen LogP contribution in [-0.4, -0.2) is 13.0 Å². The fourth-order valence-corrected chi connectivity index (χ4v) is 4.55. The van der Waals surface area contributed by atoms with E-state index in [9.17, 15) is 10.1 Å². The molecule has 0 saturated carbocycles. The van der Waals surface area contributed by atoms with Crippen LogP contribution >= 0.6 is 27.5 Å². The molecule has 5 nitrogen and oxygen atoms in total. The summed E-state index contributed by atoms with van der Waals surface area (Å²) >= 11 is 10.0. The van der Waals surface area contributed by atoms with E-state index in [0.717, 1.165) is 16.3 Å². The van der Waals surface area contributed by atoms with Crippen LogP contribution in [-0.2, 0) is 11.4 Å². The molecule has 4 aromatic rings. The highest BCUT2D eigenvalue weighted by molar-refractivity contribution is 9.10. The molecule has 0 atom stereocenters. The topological polar surface area (TPSA) is 71.3 Å². The summed E-state index contributed by atoms with van der Waals surface area (Å²) in [5, 5.41) is 14.9. The lowest BCUT2D eigenvalue weighted by Gasteiger charge is -2.13. The Bertz CT molecular complexity index is 1430. The number of carbonyl (C=O) groups is 1. The number of methoxy groups -OCH3 is 1. The Morgan fingerprint density at radius 1 is 1.09 bits per heavy atom. The van der Waals surface area contributed by atoms with Crippen LogP contribution in [0.4, 0.5) is 5.69 Å². The summed E-state index contributed by atoms with van der Waals surface area (Å²) in [5.74, 6) is 0.625. The third-order valence-electron chi connectivity index (χ3n) is 5.30. The summed E-state index contributed by atoms with van der Waals surface area (Å²) in [6, 6.07) is 26.4. The number of carbonyl (C=O) groups excluding carboxylic acids is 1. The second-order valence-electron chi connectivity index (χ2n) is 7.59. The molecule has 0 aliphatic heterocycles. The Labute approximate surface area is 216 Å². The maximum Gasteiger partial charge on any atom is 0.266 e. The van der Waals surface area contributed by atoms with Crippen molar-refractivity contribution in [2.75, 3.05) is 12.4 Å². The van der Waals surface area contributed by atoms with Gasteiger partial charge in [-0.2, -0.15) is 5.26 Å². The average Bonchev–Trinajstić information content (AvgIpc) is 2.87. The van der Waals surface area contributed by atoms with Gasteiger partial charge in [0.25, 0.3) is 5.91 Å². The van der Waals surface area contributed by atoms with E-state index in [0.29, 0.717) is 38.9 Å². The molecule has 0 saturated heterocycles. The monoisotopic (exact) mass is 546 g/mol. The summed E-state index contributed by atoms with van der Waals surface area (Å²) in [4.78, 5) is 12.6. The molecule has 35 heavy (non-hydrogen) atoms. The van der Waals surface area contributed by atoms with Crippen LogP contribution in [0.15, 0.2) is 88.9 Å². The number of fused-ring (bicyclic) bond motifs is 1. The third-order valence-corrected chi connectivity index (χ3v) is 6.17. The van der Waals surface area contributed by atoms with Gasteiger partial charge in [0.15, 0.2) is 5.75 Å². The van der Waals surface area contributed by atoms with Crippen molar-refractivity contribution in [1.82, 2.24) is 0 Å². The highest BCUT2D eigenvalue weighted by Crippen LogP contribution is 2.36. The quantitative estimate of drug-likeness (QED) is 0.193. The van der Waals surface area contributed by atoms with Crippen LogP contribution in [0.25, 0.3) is 16.8 Å². The normalized spacial score (nSPS) is 11.1. The van der Waals surface area contributed by atoms with Gasteiger partial charge in [0, 0.05) is 5.69 Å². The molecule has 0 aliphatic rings. The first kappa shape index (κ1) is 24.3. The summed E-state index contributed by atoms with van der Waals surface area (Å²) in [6.45, 7) is 0.336. The van der Waals surface area contributed by atoms with Crippen LogP contribution < -0.4 is 14.8 Å². The van der Waals surface area contributed by atoms with E-state index >= 15 is 0 Å². The predicted molar refractivity (Wildman–Crippen MR) is 143 cm³/mol. The lowest BCUT2D eigenvalue weighted by molar-refractivity contribution is -0.112. The number of nitrogens with one attached hydrogen (secondary N) is 1. The second-order valence-corrected chi connectivity index (χ2v) is 8.85. The zero-order chi connectivity index (χ0) is 24.8. The molecule has 1 amide bonds. The number of hydrogen-bond acceptors (Lipinski definition) is 4. The number of ether oxygens (including phenoxy) is 2. The third kappa shape index (κ3) is 5.83. The number of anilines is 1. The van der Waals surface area contributed by atoms with E-state index in [1.807, 2.05) is 30.3 Å². The minimum Gasteiger partial charge on any atom is -0.497 e. The molecule has 0 radical (unpaired) electrons. The van der Waals surface area contributed by atoms with Gasteiger partial charge in [-0.3, -0.25) is 4.79 Å². The van der Waals surface area contributed by atoms with Crippen LogP contribution in [0.3, 0.4) is 0 Å². The largest absolute Gasteiger partial charge is 0.497 e. The van der Waals surface area contributed by atoms with Gasteiger partial charge in [-0.25, -0.2) is 0 Å². The first-order chi connectivity index (χ1) is 17.0. The van der Waals surface area contributed by atoms with Crippen molar-refractivity contribution in [1.29, 1.82) is 5.26 Å². The summed E-state index contributed by atoms with van der Waals surface area (Å²) < 4.78 is 11.8. The lowest BCUT2D eigenvalue weighted by atomic mass is 10.1. The maximum atomic E-state index is 12.6. The van der Waals surface area contributed by atoms with Gasteiger partial charge < -0.3 is 14.8 Å². The van der Waals surface area contributed by atoms with Crippen molar-refractivity contribution < 1.29 is 14.3 Å². The molecular weight excluding hydrogens is 528 g/mol. The van der Waals surface area contributed by atoms with Crippen LogP contribution in [0.5, 0.6) is 11.5 Å². The minimum atomic E-state index is -0.527. The minimum absolute atomic E-state index is 0.0618. The molecule has 0 unspecified atom stereocenters. The van der Waals surface area contributed by atoms with Gasteiger partial charge in [-0.1, -0.05) is 54.1 Å². The van der Waals surface area contributed by atoms with Crippen LogP contribution in [0.1, 0.15) is 11.1 Å². The van der Waals surface area contributed by atoms with E-state index in [1.165, 1.54) is 6.08 Å².